The molecule has 0 bridgehead atoms. The second-order valence-electron chi connectivity index (χ2n) is 20.0. The van der Waals surface area contributed by atoms with Crippen molar-refractivity contribution in [2.75, 3.05) is 0 Å². The van der Waals surface area contributed by atoms with Crippen LogP contribution in [0.3, 0.4) is 0 Å². The van der Waals surface area contributed by atoms with Crippen LogP contribution in [0, 0.1) is 69.8 Å². The Morgan fingerprint density at radius 1 is 0.143 bits per heavy atom. The van der Waals surface area contributed by atoms with E-state index in [4.69, 9.17) is 15.1 Å². The van der Waals surface area contributed by atoms with Gasteiger partial charge in [-0.25, -0.2) is 52.7 Å². The summed E-state index contributed by atoms with van der Waals surface area (Å²) in [4.78, 5) is 0. The molecule has 0 amide bonds. The first kappa shape index (κ1) is 65.1. The van der Waals surface area contributed by atoms with Gasteiger partial charge in [-0.05, 0) is 146 Å². The van der Waals surface area contributed by atoms with E-state index in [0.29, 0.717) is 68.2 Å². The molecule has 12 rings (SSSR count). The predicted octanol–water partition coefficient (Wildman–Crippen LogP) is 18.7. The Morgan fingerprint density at radius 2 is 0.198 bits per heavy atom. The number of benzene rings is 12. The first-order valence-corrected chi connectivity index (χ1v) is 27.5. The van der Waals surface area contributed by atoms with E-state index < -0.39 is 77.1 Å². The summed E-state index contributed by atoms with van der Waals surface area (Å²) in [5, 5.41) is 25.2. The average Bonchev–Trinajstić information content (AvgIpc) is 1.76. The van der Waals surface area contributed by atoms with Gasteiger partial charge in [0.15, 0.2) is 0 Å². The SMILES string of the molecule is Fc1ccc([N+](c2ccc(F)cc2)(c2ccc(F)cc2)c2ccc(F)cc2)cc1.Fc1ccc([N+](c2ccc(F)cc2)(c2ccc(F)cc2)c2ccc(F)cc2)cc1.Fc1ccc([N+](c2ccc(F)cc2)(c2ccc(F)cc2)c2ccc(F)cc2)cc1.[O-]B([O-])[O-]. The van der Waals surface area contributed by atoms with E-state index >= 15 is 0 Å². The highest BCUT2D eigenvalue weighted by molar-refractivity contribution is 6.24. The van der Waals surface area contributed by atoms with Gasteiger partial charge in [0.05, 0.1) is 0 Å². The number of quaternary nitrogens is 3. The molecule has 456 valence electrons. The molecule has 0 heterocycles. The zero-order valence-electron chi connectivity index (χ0n) is 47.4. The average molecular weight is 1240 g/mol. The molecule has 0 aromatic heterocycles. The smallest absolute Gasteiger partial charge is 0.148 e. The quantitative estimate of drug-likeness (QED) is 0.0695. The van der Waals surface area contributed by atoms with Gasteiger partial charge in [-0.15, -0.1) is 0 Å². The minimum Gasteiger partial charge on any atom is -0.907 e. The van der Waals surface area contributed by atoms with Crippen LogP contribution in [0.25, 0.3) is 0 Å². The summed E-state index contributed by atoms with van der Waals surface area (Å²) in [6, 6.07) is 70.1. The van der Waals surface area contributed by atoms with E-state index in [0.717, 1.165) is 0 Å². The van der Waals surface area contributed by atoms with Crippen LogP contribution in [-0.4, -0.2) is 7.32 Å². The zero-order chi connectivity index (χ0) is 64.9. The monoisotopic (exact) mass is 1240 g/mol. The predicted molar refractivity (Wildman–Crippen MR) is 325 cm³/mol. The highest BCUT2D eigenvalue weighted by Crippen LogP contribution is 2.54. The lowest BCUT2D eigenvalue weighted by Gasteiger charge is -2.37. The van der Waals surface area contributed by atoms with Gasteiger partial charge in [-0.3, -0.25) is 7.32 Å². The molecule has 0 spiro atoms. The van der Waals surface area contributed by atoms with Crippen molar-refractivity contribution in [1.82, 2.24) is 13.4 Å². The normalized spacial score (nSPS) is 11.2. The van der Waals surface area contributed by atoms with Crippen LogP contribution in [0.5, 0.6) is 0 Å². The number of halogens is 12. The molecule has 6 nitrogen and oxygen atoms in total. The summed E-state index contributed by atoms with van der Waals surface area (Å²) in [5.41, 5.74) is 7.46. The van der Waals surface area contributed by atoms with E-state index in [-0.39, 0.29) is 13.4 Å². The molecule has 0 atom stereocenters. The third-order valence-corrected chi connectivity index (χ3v) is 14.6. The van der Waals surface area contributed by atoms with Crippen LogP contribution in [0.2, 0.25) is 0 Å². The van der Waals surface area contributed by atoms with E-state index in [9.17, 15) is 52.7 Å². The first-order valence-electron chi connectivity index (χ1n) is 27.5. The van der Waals surface area contributed by atoms with Crippen molar-refractivity contribution in [3.05, 3.63) is 361 Å². The largest absolute Gasteiger partial charge is 0.907 e. The lowest BCUT2D eigenvalue weighted by molar-refractivity contribution is -0.479. The number of hydrogen-bond acceptors (Lipinski definition) is 3. The Hall–Kier alpha value is -10.4. The van der Waals surface area contributed by atoms with Crippen LogP contribution in [-0.2, 0) is 0 Å². The molecule has 0 aliphatic heterocycles. The fraction of sp³-hybridized carbons (Fsp3) is 0. The molecule has 12 aromatic carbocycles. The van der Waals surface area contributed by atoms with Gasteiger partial charge >= 0.3 is 0 Å². The van der Waals surface area contributed by atoms with Crippen LogP contribution < -0.4 is 28.5 Å². The van der Waals surface area contributed by atoms with Crippen molar-refractivity contribution in [1.29, 1.82) is 0 Å². The minimum absolute atomic E-state index is 0.110. The Morgan fingerprint density at radius 3 is 0.253 bits per heavy atom. The van der Waals surface area contributed by atoms with Crippen molar-refractivity contribution in [3.8, 4) is 0 Å². The van der Waals surface area contributed by atoms with Crippen molar-refractivity contribution >= 4 is 75.6 Å². The zero-order valence-corrected chi connectivity index (χ0v) is 47.4. The second kappa shape index (κ2) is 28.8. The summed E-state index contributed by atoms with van der Waals surface area (Å²) >= 11 is 0. The Bertz CT molecular complexity index is 3270. The lowest BCUT2D eigenvalue weighted by Crippen LogP contribution is -2.56. The molecular weight excluding hydrogens is 1190 g/mol. The fourth-order valence-electron chi connectivity index (χ4n) is 10.7. The van der Waals surface area contributed by atoms with Crippen molar-refractivity contribution < 1.29 is 67.8 Å². The summed E-state index contributed by atoms with van der Waals surface area (Å²) in [7, 11) is -2.92. The second-order valence-corrected chi connectivity index (χ2v) is 20.0. The summed E-state index contributed by atoms with van der Waals surface area (Å²) in [6.07, 6.45) is 0. The third kappa shape index (κ3) is 14.5. The van der Waals surface area contributed by atoms with Gasteiger partial charge in [-0.1, -0.05) is 0 Å². The third-order valence-electron chi connectivity index (χ3n) is 14.6. The maximum absolute atomic E-state index is 13.7. The number of nitrogens with zero attached hydrogens (tertiary/aromatic N) is 3. The highest BCUT2D eigenvalue weighted by atomic mass is 19.2. The molecule has 12 aromatic rings. The maximum Gasteiger partial charge on any atom is 0.148 e. The molecule has 0 saturated heterocycles. The molecule has 0 radical (unpaired) electrons. The first-order chi connectivity index (χ1) is 43.7. The van der Waals surface area contributed by atoms with E-state index in [2.05, 4.69) is 0 Å². The van der Waals surface area contributed by atoms with Crippen LogP contribution in [0.15, 0.2) is 291 Å². The molecule has 0 aliphatic carbocycles. The molecule has 91 heavy (non-hydrogen) atoms. The van der Waals surface area contributed by atoms with E-state index in [1.807, 2.05) is 0 Å². The van der Waals surface area contributed by atoms with Crippen molar-refractivity contribution in [2.24, 2.45) is 0 Å². The number of rotatable bonds is 12. The van der Waals surface area contributed by atoms with Gasteiger partial charge in [0.25, 0.3) is 0 Å². The molecule has 0 fully saturated rings. The Labute approximate surface area is 515 Å². The van der Waals surface area contributed by atoms with Crippen LogP contribution >= 0.6 is 0 Å². The van der Waals surface area contributed by atoms with Gasteiger partial charge < -0.3 is 15.1 Å². The Balaban J connectivity index is 0.000000157. The fourth-order valence-corrected chi connectivity index (χ4v) is 10.7. The van der Waals surface area contributed by atoms with Gasteiger partial charge in [0.1, 0.15) is 138 Å². The van der Waals surface area contributed by atoms with Gasteiger partial charge in [-0.2, -0.15) is 13.4 Å². The molecular formula is C72H48BF12N3O3. The Kier molecular flexibility index (Phi) is 20.6. The summed E-state index contributed by atoms with van der Waals surface area (Å²) in [5.74, 6) is -4.95. The molecule has 0 saturated carbocycles. The van der Waals surface area contributed by atoms with Crippen molar-refractivity contribution in [2.45, 2.75) is 0 Å². The molecule has 0 N–H and O–H groups in total. The van der Waals surface area contributed by atoms with Crippen molar-refractivity contribution in [3.63, 3.8) is 0 Å². The summed E-state index contributed by atoms with van der Waals surface area (Å²) < 4.78 is 164. The molecule has 0 unspecified atom stereocenters. The molecule has 0 aliphatic rings. The van der Waals surface area contributed by atoms with Crippen LogP contribution in [0.4, 0.5) is 121 Å². The summed E-state index contributed by atoms with van der Waals surface area (Å²) in [6.45, 7) is 0. The molecule has 19 heteroatoms. The number of hydrogen-bond donors (Lipinski definition) is 0. The van der Waals surface area contributed by atoms with Gasteiger partial charge in [0.2, 0.25) is 0 Å². The van der Waals surface area contributed by atoms with Gasteiger partial charge in [0, 0.05) is 146 Å². The lowest BCUT2D eigenvalue weighted by atomic mass is 10.1. The topological polar surface area (TPSA) is 69.2 Å². The minimum atomic E-state index is -2.92. The van der Waals surface area contributed by atoms with E-state index in [1.165, 1.54) is 146 Å². The highest BCUT2D eigenvalue weighted by Gasteiger charge is 2.42. The maximum atomic E-state index is 13.7. The van der Waals surface area contributed by atoms with E-state index in [1.54, 1.807) is 146 Å². The van der Waals surface area contributed by atoms with Crippen LogP contribution in [0.1, 0.15) is 0 Å². The standard InChI is InChI=1S/3C24H16F4N.BO3/c3*25-17-1-9-21(10-2-17)29(22-11-3-18(26)4-12-22,23-13-5-19(27)6-14-23)24-15-7-20(28)8-16-24;2-1(3)4/h3*1-16H;/q3*+1;-3.